The van der Waals surface area contributed by atoms with Gasteiger partial charge in [-0.15, -0.1) is 5.10 Å². The molecule has 1 aliphatic carbocycles. The third kappa shape index (κ3) is 5.82. The molecule has 0 bridgehead atoms. The van der Waals surface area contributed by atoms with Crippen molar-refractivity contribution in [1.82, 2.24) is 20.3 Å². The van der Waals surface area contributed by atoms with Crippen molar-refractivity contribution in [1.29, 1.82) is 0 Å². The Morgan fingerprint density at radius 2 is 1.64 bits per heavy atom. The molecule has 1 heterocycles. The summed E-state index contributed by atoms with van der Waals surface area (Å²) in [6, 6.07) is 22.3. The number of nitrogens with zero attached hydrogens (tertiary/aromatic N) is 4. The maximum atomic E-state index is 14.1. The summed E-state index contributed by atoms with van der Waals surface area (Å²) in [4.78, 5) is 41.6. The molecule has 39 heavy (non-hydrogen) atoms. The molecule has 200 valence electrons. The van der Waals surface area contributed by atoms with Crippen LogP contribution in [0.4, 0.5) is 5.69 Å². The molecule has 9 nitrogen and oxygen atoms in total. The van der Waals surface area contributed by atoms with E-state index in [9.17, 15) is 14.4 Å². The van der Waals surface area contributed by atoms with E-state index in [1.165, 1.54) is 12.0 Å². The molecular formula is C30H31N5O4. The number of esters is 1. The normalized spacial score (nSPS) is 14.5. The van der Waals surface area contributed by atoms with Crippen LogP contribution in [0.25, 0.3) is 11.0 Å². The second-order valence-electron chi connectivity index (χ2n) is 9.69. The molecule has 9 heteroatoms. The van der Waals surface area contributed by atoms with Crippen molar-refractivity contribution in [3.63, 3.8) is 0 Å². The van der Waals surface area contributed by atoms with Crippen LogP contribution >= 0.6 is 0 Å². The molecule has 1 aliphatic rings. The molecule has 1 atom stereocenters. The number of methoxy groups -OCH3 is 1. The molecule has 0 spiro atoms. The van der Waals surface area contributed by atoms with Gasteiger partial charge in [-0.05, 0) is 54.8 Å². The number of amides is 2. The average molecular weight is 526 g/mol. The van der Waals surface area contributed by atoms with Crippen LogP contribution in [0.3, 0.4) is 0 Å². The number of benzene rings is 3. The summed E-state index contributed by atoms with van der Waals surface area (Å²) in [5.74, 6) is -1.06. The summed E-state index contributed by atoms with van der Waals surface area (Å²) in [5.41, 5.74) is 2.93. The fraction of sp³-hybridized carbons (Fsp3) is 0.300. The highest BCUT2D eigenvalue weighted by atomic mass is 16.5. The number of fused-ring (bicyclic) bond motifs is 1. The highest BCUT2D eigenvalue weighted by molar-refractivity contribution is 6.01. The Hall–Kier alpha value is -4.53. The molecule has 4 aromatic rings. The van der Waals surface area contributed by atoms with Gasteiger partial charge >= 0.3 is 5.97 Å². The van der Waals surface area contributed by atoms with Crippen LogP contribution in [-0.2, 0) is 20.9 Å². The van der Waals surface area contributed by atoms with Gasteiger partial charge in [-0.1, -0.05) is 66.9 Å². The van der Waals surface area contributed by atoms with E-state index < -0.39 is 12.0 Å². The molecule has 5 rings (SSSR count). The van der Waals surface area contributed by atoms with Gasteiger partial charge in [0.1, 0.15) is 18.1 Å². The molecule has 2 amide bonds. The third-order valence-corrected chi connectivity index (χ3v) is 7.11. The maximum Gasteiger partial charge on any atom is 0.337 e. The summed E-state index contributed by atoms with van der Waals surface area (Å²) in [7, 11) is 1.32. The van der Waals surface area contributed by atoms with Crippen molar-refractivity contribution in [3.05, 3.63) is 90.0 Å². The van der Waals surface area contributed by atoms with Crippen molar-refractivity contribution >= 4 is 34.5 Å². The van der Waals surface area contributed by atoms with Crippen LogP contribution < -0.4 is 10.2 Å². The second kappa shape index (κ2) is 11.9. The standard InChI is InChI=1S/C30H31N5O4/c1-39-30(38)22-18-16-21(17-19-22)28(29(37)31-23-10-4-2-5-11-23)35(24-12-6-3-7-13-24)27(36)20-34-26-15-9-8-14-25(26)32-33-34/h3,6-9,12-19,23,28H,2,4-5,10-11,20H2,1H3,(H,31,37)/t28-/m1/s1. The van der Waals surface area contributed by atoms with Crippen LogP contribution in [0.15, 0.2) is 78.9 Å². The topological polar surface area (TPSA) is 106 Å². The lowest BCUT2D eigenvalue weighted by Crippen LogP contribution is -2.48. The van der Waals surface area contributed by atoms with Crippen molar-refractivity contribution in [2.45, 2.75) is 50.7 Å². The van der Waals surface area contributed by atoms with E-state index in [1.807, 2.05) is 42.5 Å². The van der Waals surface area contributed by atoms with Gasteiger partial charge in [0.15, 0.2) is 0 Å². The molecular weight excluding hydrogens is 494 g/mol. The van der Waals surface area contributed by atoms with Crippen molar-refractivity contribution < 1.29 is 19.1 Å². The summed E-state index contributed by atoms with van der Waals surface area (Å²) in [6.45, 7) is -0.108. The lowest BCUT2D eigenvalue weighted by Gasteiger charge is -2.33. The zero-order chi connectivity index (χ0) is 27.2. The highest BCUT2D eigenvalue weighted by Gasteiger charge is 2.34. The summed E-state index contributed by atoms with van der Waals surface area (Å²) < 4.78 is 6.38. The molecule has 0 unspecified atom stereocenters. The van der Waals surface area contributed by atoms with Crippen molar-refractivity contribution in [2.75, 3.05) is 12.0 Å². The van der Waals surface area contributed by atoms with Crippen molar-refractivity contribution in [3.8, 4) is 0 Å². The number of para-hydroxylation sites is 2. The highest BCUT2D eigenvalue weighted by Crippen LogP contribution is 2.30. The Morgan fingerprint density at radius 3 is 2.36 bits per heavy atom. The molecule has 1 saturated carbocycles. The Balaban J connectivity index is 1.55. The van der Waals surface area contributed by atoms with E-state index in [0.717, 1.165) is 37.6 Å². The van der Waals surface area contributed by atoms with Crippen LogP contribution in [0.5, 0.6) is 0 Å². The minimum absolute atomic E-state index is 0.0510. The molecule has 0 aliphatic heterocycles. The summed E-state index contributed by atoms with van der Waals surface area (Å²) >= 11 is 0. The second-order valence-corrected chi connectivity index (χ2v) is 9.69. The third-order valence-electron chi connectivity index (χ3n) is 7.11. The van der Waals surface area contributed by atoms with Gasteiger partial charge in [0.25, 0.3) is 0 Å². The SMILES string of the molecule is COC(=O)c1ccc([C@H](C(=O)NC2CCCCC2)N(C(=O)Cn2nnc3ccccc32)c2ccccc2)cc1. The number of nitrogens with one attached hydrogen (secondary N) is 1. The van der Waals surface area contributed by atoms with Crippen molar-refractivity contribution in [2.24, 2.45) is 0 Å². The fourth-order valence-electron chi connectivity index (χ4n) is 5.13. The number of rotatable bonds is 8. The molecule has 1 aromatic heterocycles. The minimum atomic E-state index is -0.969. The van der Waals surface area contributed by atoms with Gasteiger partial charge in [0.05, 0.1) is 18.2 Å². The number of hydrogen-bond acceptors (Lipinski definition) is 6. The Bertz CT molecular complexity index is 1450. The molecule has 1 fully saturated rings. The number of anilines is 1. The van der Waals surface area contributed by atoms with Gasteiger partial charge in [-0.25, -0.2) is 9.48 Å². The van der Waals surface area contributed by atoms with E-state index in [1.54, 1.807) is 41.1 Å². The van der Waals surface area contributed by atoms with E-state index in [-0.39, 0.29) is 24.4 Å². The molecule has 3 aromatic carbocycles. The van der Waals surface area contributed by atoms with E-state index >= 15 is 0 Å². The molecule has 0 saturated heterocycles. The Labute approximate surface area is 226 Å². The average Bonchev–Trinajstić information content (AvgIpc) is 3.39. The van der Waals surface area contributed by atoms with Crippen LogP contribution in [0.2, 0.25) is 0 Å². The number of aromatic nitrogens is 3. The van der Waals surface area contributed by atoms with Crippen LogP contribution in [-0.4, -0.2) is 45.9 Å². The first-order chi connectivity index (χ1) is 19.0. The smallest absolute Gasteiger partial charge is 0.337 e. The van der Waals surface area contributed by atoms with Crippen LogP contribution in [0, 0.1) is 0 Å². The lowest BCUT2D eigenvalue weighted by molar-refractivity contribution is -0.127. The first-order valence-corrected chi connectivity index (χ1v) is 13.2. The Morgan fingerprint density at radius 1 is 0.949 bits per heavy atom. The van der Waals surface area contributed by atoms with Gasteiger partial charge in [-0.2, -0.15) is 0 Å². The predicted octanol–water partition coefficient (Wildman–Crippen LogP) is 4.44. The molecule has 0 radical (unpaired) electrons. The maximum absolute atomic E-state index is 14.1. The van der Waals surface area contributed by atoms with E-state index in [2.05, 4.69) is 15.6 Å². The van der Waals surface area contributed by atoms with Crippen LogP contribution in [0.1, 0.15) is 54.1 Å². The summed E-state index contributed by atoms with van der Waals surface area (Å²) in [6.07, 6.45) is 5.09. The minimum Gasteiger partial charge on any atom is -0.465 e. The van der Waals surface area contributed by atoms with Gasteiger partial charge < -0.3 is 10.1 Å². The zero-order valence-corrected chi connectivity index (χ0v) is 21.8. The number of ether oxygens (including phenoxy) is 1. The number of hydrogen-bond donors (Lipinski definition) is 1. The predicted molar refractivity (Wildman–Crippen MR) is 147 cm³/mol. The van der Waals surface area contributed by atoms with Gasteiger partial charge in [0, 0.05) is 11.7 Å². The first kappa shape index (κ1) is 26.1. The number of carbonyl (C=O) groups excluding carboxylic acids is 3. The zero-order valence-electron chi connectivity index (χ0n) is 21.8. The fourth-order valence-corrected chi connectivity index (χ4v) is 5.13. The number of carbonyl (C=O) groups is 3. The molecule has 1 N–H and O–H groups in total. The largest absolute Gasteiger partial charge is 0.465 e. The first-order valence-electron chi connectivity index (χ1n) is 13.2. The van der Waals surface area contributed by atoms with E-state index in [4.69, 9.17) is 4.74 Å². The van der Waals surface area contributed by atoms with E-state index in [0.29, 0.717) is 22.3 Å². The van der Waals surface area contributed by atoms with Gasteiger partial charge in [0.2, 0.25) is 11.8 Å². The summed E-state index contributed by atoms with van der Waals surface area (Å²) in [5, 5.41) is 11.6. The lowest BCUT2D eigenvalue weighted by atomic mass is 9.94. The monoisotopic (exact) mass is 525 g/mol. The quantitative estimate of drug-likeness (QED) is 0.341. The van der Waals surface area contributed by atoms with Gasteiger partial charge in [-0.3, -0.25) is 14.5 Å². The Kier molecular flexibility index (Phi) is 7.96.